The number of aromatic nitrogens is 3. The van der Waals surface area contributed by atoms with Gasteiger partial charge in [-0.25, -0.2) is 4.79 Å². The summed E-state index contributed by atoms with van der Waals surface area (Å²) in [6.07, 6.45) is 0. The monoisotopic (exact) mass is 334 g/mol. The van der Waals surface area contributed by atoms with Gasteiger partial charge in [0.15, 0.2) is 5.16 Å². The summed E-state index contributed by atoms with van der Waals surface area (Å²) in [7, 11) is 1.30. The SMILES string of the molecule is COC(=O)c1ccc(NC(=O)CSc2nc(N)nc(N)n2)cc1. The largest absolute Gasteiger partial charge is 0.465 e. The molecule has 1 heterocycles. The van der Waals surface area contributed by atoms with E-state index in [1.165, 1.54) is 7.11 Å². The number of ether oxygens (including phenoxy) is 1. The van der Waals surface area contributed by atoms with Gasteiger partial charge in [0.25, 0.3) is 0 Å². The molecule has 10 heteroatoms. The molecule has 0 atom stereocenters. The Balaban J connectivity index is 1.90. The third kappa shape index (κ3) is 4.81. The number of amides is 1. The van der Waals surface area contributed by atoms with Crippen LogP contribution in [0.2, 0.25) is 0 Å². The van der Waals surface area contributed by atoms with Crippen LogP contribution in [0.1, 0.15) is 10.4 Å². The molecule has 5 N–H and O–H groups in total. The van der Waals surface area contributed by atoms with Crippen molar-refractivity contribution >= 4 is 41.2 Å². The number of carbonyl (C=O) groups is 2. The first kappa shape index (κ1) is 16.5. The standard InChI is InChI=1S/C13H14N6O3S/c1-22-10(21)7-2-4-8(5-3-7)16-9(20)6-23-13-18-11(14)17-12(15)19-13/h2-5H,6H2,1H3,(H,16,20)(H4,14,15,17,18,19). The lowest BCUT2D eigenvalue weighted by Crippen LogP contribution is -2.15. The molecule has 1 aromatic carbocycles. The van der Waals surface area contributed by atoms with Crippen molar-refractivity contribution in [2.24, 2.45) is 0 Å². The van der Waals surface area contributed by atoms with E-state index in [0.717, 1.165) is 11.8 Å². The number of anilines is 3. The van der Waals surface area contributed by atoms with Crippen molar-refractivity contribution < 1.29 is 14.3 Å². The van der Waals surface area contributed by atoms with Gasteiger partial charge < -0.3 is 21.5 Å². The minimum atomic E-state index is -0.441. The molecule has 9 nitrogen and oxygen atoms in total. The van der Waals surface area contributed by atoms with Crippen molar-refractivity contribution in [1.82, 2.24) is 15.0 Å². The van der Waals surface area contributed by atoms with Gasteiger partial charge in [-0.1, -0.05) is 11.8 Å². The summed E-state index contributed by atoms with van der Waals surface area (Å²) >= 11 is 1.08. The molecular formula is C13H14N6O3S. The number of hydrogen-bond donors (Lipinski definition) is 3. The number of carbonyl (C=O) groups excluding carboxylic acids is 2. The quantitative estimate of drug-likeness (QED) is 0.527. The van der Waals surface area contributed by atoms with Crippen molar-refractivity contribution in [3.8, 4) is 0 Å². The highest BCUT2D eigenvalue weighted by Gasteiger charge is 2.09. The number of nitrogens with zero attached hydrogens (tertiary/aromatic N) is 3. The number of nitrogen functional groups attached to an aromatic ring is 2. The lowest BCUT2D eigenvalue weighted by molar-refractivity contribution is -0.113. The van der Waals surface area contributed by atoms with E-state index in [0.29, 0.717) is 11.3 Å². The first-order valence-corrected chi connectivity index (χ1v) is 7.34. The van der Waals surface area contributed by atoms with Gasteiger partial charge in [0, 0.05) is 5.69 Å². The predicted molar refractivity (Wildman–Crippen MR) is 85.8 cm³/mol. The van der Waals surface area contributed by atoms with Crippen LogP contribution in [0.25, 0.3) is 0 Å². The van der Waals surface area contributed by atoms with Gasteiger partial charge >= 0.3 is 5.97 Å². The predicted octanol–water partition coefficient (Wildman–Crippen LogP) is 0.553. The number of nitrogens with two attached hydrogens (primary N) is 2. The number of rotatable bonds is 5. The molecule has 2 aromatic rings. The summed E-state index contributed by atoms with van der Waals surface area (Å²) in [6, 6.07) is 6.32. The number of benzene rings is 1. The van der Waals surface area contributed by atoms with E-state index < -0.39 is 5.97 Å². The van der Waals surface area contributed by atoms with Crippen molar-refractivity contribution in [3.05, 3.63) is 29.8 Å². The van der Waals surface area contributed by atoms with Crippen LogP contribution >= 0.6 is 11.8 Å². The zero-order valence-electron chi connectivity index (χ0n) is 12.1. The molecule has 2 rings (SSSR count). The van der Waals surface area contributed by atoms with Crippen LogP contribution in [-0.2, 0) is 9.53 Å². The minimum absolute atomic E-state index is 0.00110. The Hall–Kier alpha value is -2.88. The summed E-state index contributed by atoms with van der Waals surface area (Å²) < 4.78 is 4.60. The summed E-state index contributed by atoms with van der Waals surface area (Å²) in [5.41, 5.74) is 11.8. The summed E-state index contributed by atoms with van der Waals surface area (Å²) in [5, 5.41) is 2.95. The summed E-state index contributed by atoms with van der Waals surface area (Å²) in [4.78, 5) is 34.5. The molecule has 0 radical (unpaired) electrons. The van der Waals surface area contributed by atoms with E-state index >= 15 is 0 Å². The van der Waals surface area contributed by atoms with E-state index in [2.05, 4.69) is 25.0 Å². The zero-order valence-corrected chi connectivity index (χ0v) is 13.0. The van der Waals surface area contributed by atoms with Gasteiger partial charge in [-0.3, -0.25) is 4.79 Å². The average molecular weight is 334 g/mol. The van der Waals surface area contributed by atoms with Crippen LogP contribution < -0.4 is 16.8 Å². The molecule has 0 aliphatic carbocycles. The highest BCUT2D eigenvalue weighted by molar-refractivity contribution is 7.99. The number of methoxy groups -OCH3 is 1. The van der Waals surface area contributed by atoms with Crippen LogP contribution in [0.5, 0.6) is 0 Å². The van der Waals surface area contributed by atoms with Crippen LogP contribution in [0, 0.1) is 0 Å². The molecular weight excluding hydrogens is 320 g/mol. The average Bonchev–Trinajstić information content (AvgIpc) is 2.52. The molecule has 23 heavy (non-hydrogen) atoms. The molecule has 0 saturated heterocycles. The molecule has 0 saturated carbocycles. The molecule has 0 aliphatic heterocycles. The van der Waals surface area contributed by atoms with Crippen LogP contribution in [0.3, 0.4) is 0 Å². The van der Waals surface area contributed by atoms with E-state index in [-0.39, 0.29) is 28.7 Å². The third-order valence-electron chi connectivity index (χ3n) is 2.57. The lowest BCUT2D eigenvalue weighted by atomic mass is 10.2. The van der Waals surface area contributed by atoms with Gasteiger partial charge in [0.2, 0.25) is 17.8 Å². The maximum atomic E-state index is 11.9. The molecule has 1 amide bonds. The highest BCUT2D eigenvalue weighted by Crippen LogP contribution is 2.16. The van der Waals surface area contributed by atoms with Crippen molar-refractivity contribution in [1.29, 1.82) is 0 Å². The van der Waals surface area contributed by atoms with E-state index in [1.807, 2.05) is 0 Å². The smallest absolute Gasteiger partial charge is 0.337 e. The Bertz CT molecular complexity index is 702. The Labute approximate surface area is 135 Å². The van der Waals surface area contributed by atoms with Gasteiger partial charge in [0.05, 0.1) is 18.4 Å². The van der Waals surface area contributed by atoms with Gasteiger partial charge in [0.1, 0.15) is 0 Å². The molecule has 0 spiro atoms. The fourth-order valence-electron chi connectivity index (χ4n) is 1.59. The molecule has 0 bridgehead atoms. The molecule has 120 valence electrons. The molecule has 1 aromatic heterocycles. The number of hydrogen-bond acceptors (Lipinski definition) is 9. The van der Waals surface area contributed by atoms with E-state index in [4.69, 9.17) is 11.5 Å². The second kappa shape index (κ2) is 7.40. The first-order chi connectivity index (χ1) is 11.0. The second-order valence-corrected chi connectivity index (χ2v) is 5.18. The van der Waals surface area contributed by atoms with Crippen molar-refractivity contribution in [3.63, 3.8) is 0 Å². The first-order valence-electron chi connectivity index (χ1n) is 6.36. The van der Waals surface area contributed by atoms with Gasteiger partial charge in [-0.15, -0.1) is 0 Å². The summed E-state index contributed by atoms with van der Waals surface area (Å²) in [5.74, 6) is -0.638. The van der Waals surface area contributed by atoms with Crippen LogP contribution in [0.15, 0.2) is 29.4 Å². The Morgan fingerprint density at radius 1 is 1.13 bits per heavy atom. The maximum Gasteiger partial charge on any atom is 0.337 e. The van der Waals surface area contributed by atoms with Gasteiger partial charge in [-0.2, -0.15) is 15.0 Å². The van der Waals surface area contributed by atoms with Gasteiger partial charge in [-0.05, 0) is 24.3 Å². The Morgan fingerprint density at radius 2 is 1.74 bits per heavy atom. The Kier molecular flexibility index (Phi) is 5.31. The van der Waals surface area contributed by atoms with E-state index in [1.54, 1.807) is 24.3 Å². The highest BCUT2D eigenvalue weighted by atomic mass is 32.2. The van der Waals surface area contributed by atoms with Crippen LogP contribution in [-0.4, -0.2) is 39.7 Å². The number of esters is 1. The zero-order chi connectivity index (χ0) is 16.8. The number of thioether (sulfide) groups is 1. The van der Waals surface area contributed by atoms with E-state index in [9.17, 15) is 9.59 Å². The third-order valence-corrected chi connectivity index (χ3v) is 3.42. The fraction of sp³-hybridized carbons (Fsp3) is 0.154. The molecule has 0 fully saturated rings. The van der Waals surface area contributed by atoms with Crippen molar-refractivity contribution in [2.75, 3.05) is 29.6 Å². The Morgan fingerprint density at radius 3 is 2.30 bits per heavy atom. The van der Waals surface area contributed by atoms with Crippen molar-refractivity contribution in [2.45, 2.75) is 5.16 Å². The molecule has 0 unspecified atom stereocenters. The summed E-state index contributed by atoms with van der Waals surface area (Å²) in [6.45, 7) is 0. The second-order valence-electron chi connectivity index (χ2n) is 4.24. The number of nitrogens with one attached hydrogen (secondary N) is 1. The molecule has 0 aliphatic rings. The normalized spacial score (nSPS) is 10.1. The van der Waals surface area contributed by atoms with Crippen LogP contribution in [0.4, 0.5) is 17.6 Å². The minimum Gasteiger partial charge on any atom is -0.465 e. The lowest BCUT2D eigenvalue weighted by Gasteiger charge is -2.06. The fourth-order valence-corrected chi connectivity index (χ4v) is 2.24. The topological polar surface area (TPSA) is 146 Å². The maximum absolute atomic E-state index is 11.9.